The molecule has 0 unspecified atom stereocenters. The van der Waals surface area contributed by atoms with Gasteiger partial charge in [-0.1, -0.05) is 0 Å². The van der Waals surface area contributed by atoms with Gasteiger partial charge in [0.2, 0.25) is 0 Å². The lowest BCUT2D eigenvalue weighted by atomic mass is 10.4. The molecule has 78 valence electrons. The number of aromatic nitrogens is 4. The molecule has 0 aliphatic rings. The number of aromatic amines is 2. The summed E-state index contributed by atoms with van der Waals surface area (Å²) in [5, 5.41) is 9.65. The molecule has 0 atom stereocenters. The summed E-state index contributed by atoms with van der Waals surface area (Å²) in [5.74, 6) is 1.15. The zero-order chi connectivity index (χ0) is 10.7. The molecule has 6 nitrogen and oxygen atoms in total. The number of anilines is 1. The maximum Gasteiger partial charge on any atom is 0.252 e. The molecule has 2 aromatic heterocycles. The molecule has 2 heterocycles. The second-order valence-corrected chi connectivity index (χ2v) is 3.15. The van der Waals surface area contributed by atoms with E-state index in [1.165, 1.54) is 6.07 Å². The third kappa shape index (κ3) is 2.43. The van der Waals surface area contributed by atoms with Crippen LogP contribution in [0.15, 0.2) is 23.1 Å². The minimum absolute atomic E-state index is 0.158. The Balaban J connectivity index is 2.08. The smallest absolute Gasteiger partial charge is 0.252 e. The molecule has 0 amide bonds. The van der Waals surface area contributed by atoms with Crippen LogP contribution in [0.2, 0.25) is 0 Å². The van der Waals surface area contributed by atoms with Crippen LogP contribution in [0.3, 0.4) is 0 Å². The average molecular weight is 205 g/mol. The van der Waals surface area contributed by atoms with Crippen LogP contribution >= 0.6 is 0 Å². The number of nitrogens with one attached hydrogen (secondary N) is 3. The minimum atomic E-state index is -0.158. The van der Waals surface area contributed by atoms with Crippen molar-refractivity contribution in [2.75, 3.05) is 5.32 Å². The highest BCUT2D eigenvalue weighted by Crippen LogP contribution is 2.01. The zero-order valence-corrected chi connectivity index (χ0v) is 8.24. The lowest BCUT2D eigenvalue weighted by Crippen LogP contribution is -2.11. The largest absolute Gasteiger partial charge is 0.364 e. The Morgan fingerprint density at radius 3 is 3.07 bits per heavy atom. The summed E-state index contributed by atoms with van der Waals surface area (Å²) in [5.41, 5.74) is 0.782. The van der Waals surface area contributed by atoms with E-state index in [-0.39, 0.29) is 5.56 Å². The Labute approximate surface area is 85.8 Å². The zero-order valence-electron chi connectivity index (χ0n) is 8.24. The van der Waals surface area contributed by atoms with Gasteiger partial charge in [0, 0.05) is 12.3 Å². The van der Waals surface area contributed by atoms with E-state index in [2.05, 4.69) is 25.5 Å². The normalized spacial score (nSPS) is 10.2. The summed E-state index contributed by atoms with van der Waals surface area (Å²) >= 11 is 0. The second-order valence-electron chi connectivity index (χ2n) is 3.15. The monoisotopic (exact) mass is 205 g/mol. The van der Waals surface area contributed by atoms with Crippen LogP contribution in [0.5, 0.6) is 0 Å². The van der Waals surface area contributed by atoms with Crippen LogP contribution in [0, 0.1) is 6.92 Å². The molecule has 0 saturated carbocycles. The molecule has 0 saturated heterocycles. The van der Waals surface area contributed by atoms with Gasteiger partial charge >= 0.3 is 0 Å². The molecule has 15 heavy (non-hydrogen) atoms. The van der Waals surface area contributed by atoms with Crippen molar-refractivity contribution in [3.8, 4) is 0 Å². The van der Waals surface area contributed by atoms with Crippen LogP contribution < -0.4 is 10.9 Å². The lowest BCUT2D eigenvalue weighted by molar-refractivity contribution is 0.955. The predicted molar refractivity (Wildman–Crippen MR) is 55.5 cm³/mol. The Bertz CT molecular complexity index is 487. The summed E-state index contributed by atoms with van der Waals surface area (Å²) in [6.07, 6.45) is 1.67. The van der Waals surface area contributed by atoms with Crippen LogP contribution in [-0.4, -0.2) is 20.2 Å². The van der Waals surface area contributed by atoms with Crippen molar-refractivity contribution < 1.29 is 0 Å². The SMILES string of the molecule is Cc1nc(NCc2ccn[nH]2)cc(=O)[nH]1. The van der Waals surface area contributed by atoms with E-state index >= 15 is 0 Å². The van der Waals surface area contributed by atoms with Crippen LogP contribution in [0.1, 0.15) is 11.5 Å². The predicted octanol–water partition coefficient (Wildman–Crippen LogP) is 0.414. The van der Waals surface area contributed by atoms with Crippen molar-refractivity contribution in [2.24, 2.45) is 0 Å². The van der Waals surface area contributed by atoms with Gasteiger partial charge in [0.1, 0.15) is 11.6 Å². The first-order valence-corrected chi connectivity index (χ1v) is 4.54. The van der Waals surface area contributed by atoms with Gasteiger partial charge in [0.25, 0.3) is 5.56 Å². The van der Waals surface area contributed by atoms with Gasteiger partial charge < -0.3 is 10.3 Å². The molecule has 0 spiro atoms. The third-order valence-corrected chi connectivity index (χ3v) is 1.88. The molecular weight excluding hydrogens is 194 g/mol. The number of rotatable bonds is 3. The standard InChI is InChI=1S/C9H11N5O/c1-6-12-8(4-9(15)13-6)10-5-7-2-3-11-14-7/h2-4H,5H2,1H3,(H,11,14)(H2,10,12,13,15). The maximum atomic E-state index is 11.1. The molecule has 0 aliphatic heterocycles. The number of hydrogen-bond donors (Lipinski definition) is 3. The lowest BCUT2D eigenvalue weighted by Gasteiger charge is -2.03. The van der Waals surface area contributed by atoms with Crippen LogP contribution in [-0.2, 0) is 6.54 Å². The van der Waals surface area contributed by atoms with Gasteiger partial charge in [-0.3, -0.25) is 9.89 Å². The first kappa shape index (κ1) is 9.45. The van der Waals surface area contributed by atoms with E-state index in [9.17, 15) is 4.79 Å². The molecule has 0 aromatic carbocycles. The van der Waals surface area contributed by atoms with Gasteiger partial charge in [-0.05, 0) is 13.0 Å². The first-order valence-electron chi connectivity index (χ1n) is 4.54. The Kier molecular flexibility index (Phi) is 2.49. The Morgan fingerprint density at radius 1 is 1.53 bits per heavy atom. The van der Waals surface area contributed by atoms with E-state index < -0.39 is 0 Å². The molecule has 2 rings (SSSR count). The molecule has 0 aliphatic carbocycles. The fraction of sp³-hybridized carbons (Fsp3) is 0.222. The Hall–Kier alpha value is -2.11. The summed E-state index contributed by atoms with van der Waals surface area (Å²) in [7, 11) is 0. The van der Waals surface area contributed by atoms with E-state index in [0.29, 0.717) is 18.2 Å². The van der Waals surface area contributed by atoms with Crippen molar-refractivity contribution in [1.82, 2.24) is 20.2 Å². The molecule has 2 aromatic rings. The van der Waals surface area contributed by atoms with Gasteiger partial charge in [0.05, 0.1) is 12.2 Å². The maximum absolute atomic E-state index is 11.1. The van der Waals surface area contributed by atoms with Crippen molar-refractivity contribution in [1.29, 1.82) is 0 Å². The summed E-state index contributed by atoms with van der Waals surface area (Å²) in [4.78, 5) is 17.8. The summed E-state index contributed by atoms with van der Waals surface area (Å²) in [6, 6.07) is 3.27. The highest BCUT2D eigenvalue weighted by Gasteiger charge is 1.98. The highest BCUT2D eigenvalue weighted by molar-refractivity contribution is 5.33. The van der Waals surface area contributed by atoms with Gasteiger partial charge in [-0.15, -0.1) is 0 Å². The van der Waals surface area contributed by atoms with Crippen molar-refractivity contribution in [3.63, 3.8) is 0 Å². The Morgan fingerprint density at radius 2 is 2.40 bits per heavy atom. The number of nitrogens with zero attached hydrogens (tertiary/aromatic N) is 2. The number of aryl methyl sites for hydroxylation is 1. The van der Waals surface area contributed by atoms with E-state index in [0.717, 1.165) is 5.69 Å². The van der Waals surface area contributed by atoms with E-state index in [1.807, 2.05) is 6.07 Å². The van der Waals surface area contributed by atoms with Crippen molar-refractivity contribution in [2.45, 2.75) is 13.5 Å². The first-order chi connectivity index (χ1) is 7.24. The van der Waals surface area contributed by atoms with Crippen molar-refractivity contribution in [3.05, 3.63) is 40.2 Å². The summed E-state index contributed by atoms with van der Waals surface area (Å²) < 4.78 is 0. The van der Waals surface area contributed by atoms with E-state index in [4.69, 9.17) is 0 Å². The number of hydrogen-bond acceptors (Lipinski definition) is 4. The molecule has 0 fully saturated rings. The van der Waals surface area contributed by atoms with Gasteiger partial charge in [-0.25, -0.2) is 4.98 Å². The molecule has 6 heteroatoms. The molecule has 3 N–H and O–H groups in total. The number of H-pyrrole nitrogens is 2. The van der Waals surface area contributed by atoms with Gasteiger partial charge in [-0.2, -0.15) is 5.10 Å². The topological polar surface area (TPSA) is 86.5 Å². The second kappa shape index (κ2) is 3.95. The minimum Gasteiger partial charge on any atom is -0.364 e. The fourth-order valence-electron chi connectivity index (χ4n) is 1.24. The van der Waals surface area contributed by atoms with Crippen molar-refractivity contribution >= 4 is 5.82 Å². The quantitative estimate of drug-likeness (QED) is 0.677. The molecule has 0 bridgehead atoms. The fourth-order valence-corrected chi connectivity index (χ4v) is 1.24. The van der Waals surface area contributed by atoms with Gasteiger partial charge in [0.15, 0.2) is 0 Å². The summed E-state index contributed by atoms with van der Waals surface area (Å²) in [6.45, 7) is 2.30. The molecule has 0 radical (unpaired) electrons. The highest BCUT2D eigenvalue weighted by atomic mass is 16.1. The van der Waals surface area contributed by atoms with E-state index in [1.54, 1.807) is 13.1 Å². The average Bonchev–Trinajstić information content (AvgIpc) is 2.65. The van der Waals surface area contributed by atoms with Crippen LogP contribution in [0.4, 0.5) is 5.82 Å². The third-order valence-electron chi connectivity index (χ3n) is 1.88. The molecular formula is C9H11N5O. The van der Waals surface area contributed by atoms with Crippen LogP contribution in [0.25, 0.3) is 0 Å².